The molecule has 0 spiro atoms. The van der Waals surface area contributed by atoms with E-state index in [9.17, 15) is 0 Å². The molecular formula is C32H47N. The Bertz CT molecular complexity index is 734. The molecule has 1 nitrogen and oxygen atoms in total. The Hall–Kier alpha value is -1.81. The lowest BCUT2D eigenvalue weighted by Crippen LogP contribution is -2.14. The predicted molar refractivity (Wildman–Crippen MR) is 142 cm³/mol. The molecule has 2 fully saturated rings. The second kappa shape index (κ2) is 15.2. The van der Waals surface area contributed by atoms with Gasteiger partial charge in [-0.25, -0.2) is 0 Å². The van der Waals surface area contributed by atoms with Crippen molar-refractivity contribution in [1.82, 2.24) is 0 Å². The van der Waals surface area contributed by atoms with Gasteiger partial charge in [-0.05, 0) is 112 Å². The molecule has 0 radical (unpaired) electrons. The van der Waals surface area contributed by atoms with E-state index in [1.54, 1.807) is 11.6 Å². The third-order valence-electron chi connectivity index (χ3n) is 8.27. The van der Waals surface area contributed by atoms with Crippen molar-refractivity contribution < 1.29 is 0 Å². The molecule has 0 aliphatic heterocycles. The monoisotopic (exact) mass is 445 g/mol. The van der Waals surface area contributed by atoms with E-state index in [4.69, 9.17) is 5.26 Å². The number of hydrogen-bond donors (Lipinski definition) is 0. The van der Waals surface area contributed by atoms with Crippen LogP contribution in [-0.2, 0) is 6.42 Å². The van der Waals surface area contributed by atoms with Gasteiger partial charge in [0.2, 0.25) is 0 Å². The van der Waals surface area contributed by atoms with Crippen molar-refractivity contribution >= 4 is 0 Å². The van der Waals surface area contributed by atoms with E-state index in [1.165, 1.54) is 102 Å². The van der Waals surface area contributed by atoms with Crippen LogP contribution in [0, 0.1) is 29.1 Å². The Morgan fingerprint density at radius 3 is 2.09 bits per heavy atom. The molecule has 2 aliphatic rings. The minimum atomic E-state index is 0.777. The number of hydrogen-bond acceptors (Lipinski definition) is 1. The number of aryl methyl sites for hydroxylation is 1. The Morgan fingerprint density at radius 1 is 0.818 bits per heavy atom. The molecule has 1 heteroatoms. The van der Waals surface area contributed by atoms with Crippen LogP contribution in [0.3, 0.4) is 0 Å². The van der Waals surface area contributed by atoms with Crippen LogP contribution in [0.1, 0.15) is 120 Å². The molecule has 2 aliphatic carbocycles. The normalized spacial score (nSPS) is 26.1. The lowest BCUT2D eigenvalue weighted by atomic mass is 9.76. The highest BCUT2D eigenvalue weighted by Crippen LogP contribution is 2.38. The standard InChI is InChI=1S/C32H47N/c1-2-3-4-5-7-10-28-18-22-31(23-19-28)32-24-20-30(21-25-32)17-16-29-14-12-27(13-15-29)11-8-6-9-26-33/h6,9,16-19,22-23,27,29-30,32H,2-5,7-8,10-15,20-21,24-25H2,1H3/t27-,29-,30-,32-. The first kappa shape index (κ1) is 25.8. The number of rotatable bonds is 12. The molecule has 1 aromatic carbocycles. The maximum absolute atomic E-state index is 8.59. The quantitative estimate of drug-likeness (QED) is 0.178. The minimum Gasteiger partial charge on any atom is -0.193 e. The van der Waals surface area contributed by atoms with Crippen molar-refractivity contribution in [3.63, 3.8) is 0 Å². The molecular weight excluding hydrogens is 398 g/mol. The summed E-state index contributed by atoms with van der Waals surface area (Å²) in [5, 5.41) is 8.59. The molecule has 180 valence electrons. The van der Waals surface area contributed by atoms with E-state index in [1.807, 2.05) is 6.08 Å². The van der Waals surface area contributed by atoms with Crippen LogP contribution in [0.5, 0.6) is 0 Å². The number of allylic oxidation sites excluding steroid dienone is 4. The Balaban J connectivity index is 1.32. The second-order valence-corrected chi connectivity index (χ2v) is 10.8. The molecule has 0 bridgehead atoms. The maximum atomic E-state index is 8.59. The average molecular weight is 446 g/mol. The summed E-state index contributed by atoms with van der Waals surface area (Å²) in [7, 11) is 0. The van der Waals surface area contributed by atoms with Crippen LogP contribution >= 0.6 is 0 Å². The van der Waals surface area contributed by atoms with Gasteiger partial charge in [-0.2, -0.15) is 5.26 Å². The van der Waals surface area contributed by atoms with E-state index >= 15 is 0 Å². The topological polar surface area (TPSA) is 23.8 Å². The van der Waals surface area contributed by atoms with Crippen LogP contribution in [0.25, 0.3) is 0 Å². The van der Waals surface area contributed by atoms with Crippen LogP contribution in [0.2, 0.25) is 0 Å². The zero-order valence-electron chi connectivity index (χ0n) is 21.2. The van der Waals surface area contributed by atoms with Gasteiger partial charge in [0, 0.05) is 6.08 Å². The average Bonchev–Trinajstić information content (AvgIpc) is 2.87. The molecule has 0 heterocycles. The molecule has 2 saturated carbocycles. The van der Waals surface area contributed by atoms with Crippen molar-refractivity contribution in [2.45, 2.75) is 116 Å². The SMILES string of the molecule is CCCCCCCc1ccc([C@H]2CC[C@H](C=C[C@H]3CC[C@H](CCC=CC#N)CC3)CC2)cc1. The highest BCUT2D eigenvalue weighted by Gasteiger charge is 2.22. The molecule has 0 aromatic heterocycles. The Morgan fingerprint density at radius 2 is 1.45 bits per heavy atom. The van der Waals surface area contributed by atoms with Gasteiger partial charge in [-0.15, -0.1) is 0 Å². The molecule has 0 saturated heterocycles. The Labute approximate surface area is 204 Å². The smallest absolute Gasteiger partial charge is 0.0908 e. The molecule has 0 N–H and O–H groups in total. The number of nitriles is 1. The van der Waals surface area contributed by atoms with Gasteiger partial charge in [0.25, 0.3) is 0 Å². The molecule has 0 unspecified atom stereocenters. The summed E-state index contributed by atoms with van der Waals surface area (Å²) >= 11 is 0. The molecule has 0 amide bonds. The lowest BCUT2D eigenvalue weighted by molar-refractivity contribution is 0.295. The van der Waals surface area contributed by atoms with E-state index in [0.717, 1.165) is 30.1 Å². The van der Waals surface area contributed by atoms with Crippen molar-refractivity contribution in [3.05, 3.63) is 59.7 Å². The highest BCUT2D eigenvalue weighted by atomic mass is 14.3. The molecule has 33 heavy (non-hydrogen) atoms. The van der Waals surface area contributed by atoms with Gasteiger partial charge in [-0.3, -0.25) is 0 Å². The molecule has 0 atom stereocenters. The molecule has 1 aromatic rings. The van der Waals surface area contributed by atoms with Crippen molar-refractivity contribution in [3.8, 4) is 6.07 Å². The predicted octanol–water partition coefficient (Wildman–Crippen LogP) is 9.70. The van der Waals surface area contributed by atoms with E-state index < -0.39 is 0 Å². The van der Waals surface area contributed by atoms with Gasteiger partial charge in [0.1, 0.15) is 0 Å². The van der Waals surface area contributed by atoms with Crippen LogP contribution < -0.4 is 0 Å². The summed E-state index contributed by atoms with van der Waals surface area (Å²) in [6, 6.07) is 11.8. The Kier molecular flexibility index (Phi) is 11.9. The van der Waals surface area contributed by atoms with Crippen LogP contribution in [-0.4, -0.2) is 0 Å². The first-order chi connectivity index (χ1) is 16.3. The van der Waals surface area contributed by atoms with Crippen LogP contribution in [0.15, 0.2) is 48.6 Å². The fourth-order valence-corrected chi connectivity index (χ4v) is 5.99. The second-order valence-electron chi connectivity index (χ2n) is 10.8. The summed E-state index contributed by atoms with van der Waals surface area (Å²) < 4.78 is 0. The largest absolute Gasteiger partial charge is 0.193 e. The zero-order valence-corrected chi connectivity index (χ0v) is 21.2. The number of unbranched alkanes of at least 4 members (excludes halogenated alkanes) is 4. The lowest BCUT2D eigenvalue weighted by Gasteiger charge is -2.29. The van der Waals surface area contributed by atoms with Gasteiger partial charge < -0.3 is 0 Å². The first-order valence-electron chi connectivity index (χ1n) is 14.1. The fourth-order valence-electron chi connectivity index (χ4n) is 5.99. The maximum Gasteiger partial charge on any atom is 0.0908 e. The number of nitrogens with zero attached hydrogens (tertiary/aromatic N) is 1. The highest BCUT2D eigenvalue weighted by molar-refractivity contribution is 5.26. The third-order valence-corrected chi connectivity index (χ3v) is 8.27. The zero-order chi connectivity index (χ0) is 23.1. The van der Waals surface area contributed by atoms with Gasteiger partial charge in [0.05, 0.1) is 6.07 Å². The third kappa shape index (κ3) is 9.52. The molecule has 3 rings (SSSR count). The van der Waals surface area contributed by atoms with Crippen molar-refractivity contribution in [2.24, 2.45) is 17.8 Å². The summed E-state index contributed by atoms with van der Waals surface area (Å²) in [4.78, 5) is 0. The minimum absolute atomic E-state index is 0.777. The van der Waals surface area contributed by atoms with Gasteiger partial charge in [-0.1, -0.05) is 75.1 Å². The first-order valence-corrected chi connectivity index (χ1v) is 14.1. The van der Waals surface area contributed by atoms with Gasteiger partial charge >= 0.3 is 0 Å². The van der Waals surface area contributed by atoms with Crippen molar-refractivity contribution in [1.29, 1.82) is 5.26 Å². The van der Waals surface area contributed by atoms with Gasteiger partial charge in [0.15, 0.2) is 0 Å². The summed E-state index contributed by atoms with van der Waals surface area (Å²) in [6.45, 7) is 2.29. The van der Waals surface area contributed by atoms with E-state index in [-0.39, 0.29) is 0 Å². The summed E-state index contributed by atoms with van der Waals surface area (Å²) in [5.74, 6) is 3.26. The number of benzene rings is 1. The summed E-state index contributed by atoms with van der Waals surface area (Å²) in [6.07, 6.45) is 30.2. The van der Waals surface area contributed by atoms with Crippen molar-refractivity contribution in [2.75, 3.05) is 0 Å². The van der Waals surface area contributed by atoms with E-state index in [2.05, 4.69) is 49.4 Å². The van der Waals surface area contributed by atoms with Crippen LogP contribution in [0.4, 0.5) is 0 Å². The summed E-state index contributed by atoms with van der Waals surface area (Å²) in [5.41, 5.74) is 3.11. The van der Waals surface area contributed by atoms with E-state index in [0.29, 0.717) is 0 Å². The fraction of sp³-hybridized carbons (Fsp3) is 0.656.